The molecule has 192 valence electrons. The SMILES string of the molecule is C=C(/C=C(\C=C(/C)C(=O)Nc1ccc(C)c(N(N)/C=C(\N)c2cncnc2)c1)CN(C)C)C(C)(C)C. The molecular formula is C28H39N7O. The molecule has 0 aliphatic carbocycles. The molecule has 5 N–H and O–H groups in total. The van der Waals surface area contributed by atoms with E-state index in [4.69, 9.17) is 11.6 Å². The third-order valence-electron chi connectivity index (χ3n) is 5.50. The van der Waals surface area contributed by atoms with Crippen LogP contribution in [0.4, 0.5) is 11.4 Å². The Balaban J connectivity index is 2.26. The third kappa shape index (κ3) is 8.48. The van der Waals surface area contributed by atoms with Crippen LogP contribution in [0.15, 0.2) is 78.6 Å². The van der Waals surface area contributed by atoms with E-state index >= 15 is 0 Å². The molecule has 1 heterocycles. The topological polar surface area (TPSA) is 113 Å². The van der Waals surface area contributed by atoms with Gasteiger partial charge in [-0.2, -0.15) is 0 Å². The van der Waals surface area contributed by atoms with Crippen LogP contribution in [0.5, 0.6) is 0 Å². The predicted octanol–water partition coefficient (Wildman–Crippen LogP) is 4.40. The van der Waals surface area contributed by atoms with Crippen molar-refractivity contribution in [2.45, 2.75) is 34.6 Å². The van der Waals surface area contributed by atoms with E-state index in [0.717, 1.165) is 16.7 Å². The zero-order chi connectivity index (χ0) is 27.0. The van der Waals surface area contributed by atoms with Gasteiger partial charge in [0.15, 0.2) is 0 Å². The van der Waals surface area contributed by atoms with Gasteiger partial charge in [0.2, 0.25) is 0 Å². The monoisotopic (exact) mass is 489 g/mol. The van der Waals surface area contributed by atoms with Crippen molar-refractivity contribution in [1.82, 2.24) is 14.9 Å². The van der Waals surface area contributed by atoms with E-state index in [2.05, 4.69) is 53.6 Å². The Hall–Kier alpha value is -3.75. The fourth-order valence-electron chi connectivity index (χ4n) is 3.22. The summed E-state index contributed by atoms with van der Waals surface area (Å²) in [6.07, 6.45) is 10.2. The maximum Gasteiger partial charge on any atom is 0.251 e. The fourth-order valence-corrected chi connectivity index (χ4v) is 3.22. The Labute approximate surface area is 215 Å². The van der Waals surface area contributed by atoms with Crippen LogP contribution in [-0.4, -0.2) is 41.4 Å². The summed E-state index contributed by atoms with van der Waals surface area (Å²) >= 11 is 0. The largest absolute Gasteiger partial charge is 0.397 e. The zero-order valence-electron chi connectivity index (χ0n) is 22.5. The number of hydrogen-bond acceptors (Lipinski definition) is 7. The number of aromatic nitrogens is 2. The lowest BCUT2D eigenvalue weighted by Gasteiger charge is -2.21. The summed E-state index contributed by atoms with van der Waals surface area (Å²) in [6.45, 7) is 15.0. The molecule has 0 spiro atoms. The smallest absolute Gasteiger partial charge is 0.251 e. The van der Waals surface area contributed by atoms with Gasteiger partial charge in [-0.25, -0.2) is 15.8 Å². The lowest BCUT2D eigenvalue weighted by molar-refractivity contribution is -0.112. The quantitative estimate of drug-likeness (QED) is 0.207. The van der Waals surface area contributed by atoms with Gasteiger partial charge in [0.1, 0.15) is 6.33 Å². The van der Waals surface area contributed by atoms with E-state index in [-0.39, 0.29) is 11.3 Å². The molecular weight excluding hydrogens is 450 g/mol. The van der Waals surface area contributed by atoms with Gasteiger partial charge in [-0.3, -0.25) is 9.80 Å². The number of nitrogens with one attached hydrogen (secondary N) is 1. The maximum atomic E-state index is 13.0. The molecule has 0 saturated carbocycles. The number of carbonyl (C=O) groups excluding carboxylic acids is 1. The van der Waals surface area contributed by atoms with Gasteiger partial charge in [0, 0.05) is 42.0 Å². The summed E-state index contributed by atoms with van der Waals surface area (Å²) in [6, 6.07) is 5.54. The number of rotatable bonds is 9. The van der Waals surface area contributed by atoms with Crippen molar-refractivity contribution in [3.63, 3.8) is 0 Å². The first-order chi connectivity index (χ1) is 16.8. The normalized spacial score (nSPS) is 13.1. The second-order valence-electron chi connectivity index (χ2n) is 10.1. The van der Waals surface area contributed by atoms with Crippen LogP contribution in [0.2, 0.25) is 0 Å². The number of nitrogens with zero attached hydrogens (tertiary/aromatic N) is 4. The van der Waals surface area contributed by atoms with E-state index in [1.54, 1.807) is 25.5 Å². The minimum atomic E-state index is -0.198. The van der Waals surface area contributed by atoms with Crippen LogP contribution < -0.4 is 21.9 Å². The molecule has 1 aromatic carbocycles. The Morgan fingerprint density at radius 3 is 2.39 bits per heavy atom. The number of carbonyl (C=O) groups is 1. The van der Waals surface area contributed by atoms with Gasteiger partial charge in [-0.1, -0.05) is 39.5 Å². The second-order valence-corrected chi connectivity index (χ2v) is 10.1. The average molecular weight is 490 g/mol. The first-order valence-corrected chi connectivity index (χ1v) is 11.7. The second kappa shape index (κ2) is 12.3. The lowest BCUT2D eigenvalue weighted by atomic mass is 9.86. The molecule has 0 bridgehead atoms. The van der Waals surface area contributed by atoms with Crippen molar-refractivity contribution in [3.05, 3.63) is 89.7 Å². The summed E-state index contributed by atoms with van der Waals surface area (Å²) in [4.78, 5) is 23.0. The molecule has 8 heteroatoms. The number of aryl methyl sites for hydroxylation is 1. The Morgan fingerprint density at radius 2 is 1.81 bits per heavy atom. The van der Waals surface area contributed by atoms with Gasteiger partial charge in [0.25, 0.3) is 5.91 Å². The van der Waals surface area contributed by atoms with E-state index in [0.29, 0.717) is 34.8 Å². The van der Waals surface area contributed by atoms with E-state index in [1.165, 1.54) is 11.3 Å². The van der Waals surface area contributed by atoms with Crippen LogP contribution in [0, 0.1) is 12.3 Å². The van der Waals surface area contributed by atoms with Gasteiger partial charge >= 0.3 is 0 Å². The van der Waals surface area contributed by atoms with Crippen molar-refractivity contribution >= 4 is 23.0 Å². The number of amides is 1. The first-order valence-electron chi connectivity index (χ1n) is 11.7. The van der Waals surface area contributed by atoms with Crippen molar-refractivity contribution in [2.75, 3.05) is 31.0 Å². The fraction of sp³-hybridized carbons (Fsp3) is 0.321. The highest BCUT2D eigenvalue weighted by Gasteiger charge is 2.15. The van der Waals surface area contributed by atoms with Crippen LogP contribution in [0.1, 0.15) is 38.8 Å². The van der Waals surface area contributed by atoms with Gasteiger partial charge in [0.05, 0.1) is 11.4 Å². The van der Waals surface area contributed by atoms with Crippen molar-refractivity contribution in [2.24, 2.45) is 17.0 Å². The number of nitrogens with two attached hydrogens (primary N) is 2. The molecule has 0 aliphatic rings. The minimum absolute atomic E-state index is 0.0562. The highest BCUT2D eigenvalue weighted by Crippen LogP contribution is 2.27. The first kappa shape index (κ1) is 28.5. The number of benzene rings is 1. The van der Waals surface area contributed by atoms with E-state index < -0.39 is 0 Å². The van der Waals surface area contributed by atoms with Crippen molar-refractivity contribution in [3.8, 4) is 0 Å². The molecule has 2 rings (SSSR count). The van der Waals surface area contributed by atoms with Crippen molar-refractivity contribution < 1.29 is 4.79 Å². The highest BCUT2D eigenvalue weighted by atomic mass is 16.1. The minimum Gasteiger partial charge on any atom is -0.397 e. The summed E-state index contributed by atoms with van der Waals surface area (Å²) in [5.41, 5.74) is 12.0. The van der Waals surface area contributed by atoms with Crippen LogP contribution in [0.3, 0.4) is 0 Å². The van der Waals surface area contributed by atoms with E-state index in [1.807, 2.05) is 45.3 Å². The van der Waals surface area contributed by atoms with Crippen LogP contribution in [0.25, 0.3) is 5.70 Å². The van der Waals surface area contributed by atoms with Crippen LogP contribution in [-0.2, 0) is 4.79 Å². The molecule has 0 unspecified atom stereocenters. The van der Waals surface area contributed by atoms with Gasteiger partial charge in [-0.05, 0) is 68.3 Å². The molecule has 0 atom stereocenters. The molecule has 0 aliphatic heterocycles. The lowest BCUT2D eigenvalue weighted by Crippen LogP contribution is -2.26. The third-order valence-corrected chi connectivity index (χ3v) is 5.50. The molecule has 0 saturated heterocycles. The number of hydrogen-bond donors (Lipinski definition) is 3. The Bertz CT molecular complexity index is 1170. The molecule has 8 nitrogen and oxygen atoms in total. The van der Waals surface area contributed by atoms with E-state index in [9.17, 15) is 4.79 Å². The summed E-state index contributed by atoms with van der Waals surface area (Å²) in [5.74, 6) is 6.08. The standard InChI is InChI=1S/C28H39N7O/c1-19-9-10-24(13-26(19)35(30)17-25(29)23-14-31-18-32-15-23)33-27(36)20(2)11-22(16-34(7)8)12-21(3)28(4,5)6/h9-15,17-18H,3,16,29-30H2,1-2,4-8H3,(H,33,36)/b20-11+,22-12+,25-17-. The highest BCUT2D eigenvalue weighted by molar-refractivity contribution is 6.03. The maximum absolute atomic E-state index is 13.0. The Morgan fingerprint density at radius 1 is 1.17 bits per heavy atom. The van der Waals surface area contributed by atoms with Gasteiger partial charge in [-0.15, -0.1) is 0 Å². The molecule has 1 amide bonds. The molecule has 36 heavy (non-hydrogen) atoms. The van der Waals surface area contributed by atoms with Crippen LogP contribution >= 0.6 is 0 Å². The molecule has 2 aromatic rings. The number of likely N-dealkylation sites (N-methyl/N-ethyl adjacent to an activating group) is 1. The summed E-state index contributed by atoms with van der Waals surface area (Å²) in [5, 5.41) is 4.39. The van der Waals surface area contributed by atoms with Crippen molar-refractivity contribution in [1.29, 1.82) is 0 Å². The Kier molecular flexibility index (Phi) is 9.72. The average Bonchev–Trinajstić information content (AvgIpc) is 2.79. The molecule has 0 fully saturated rings. The molecule has 1 aromatic heterocycles. The number of anilines is 2. The zero-order valence-corrected chi connectivity index (χ0v) is 22.5. The number of hydrazine groups is 1. The number of allylic oxidation sites excluding steroid dienone is 2. The summed E-state index contributed by atoms with van der Waals surface area (Å²) in [7, 11) is 3.99. The molecule has 0 radical (unpaired) electrons. The summed E-state index contributed by atoms with van der Waals surface area (Å²) < 4.78 is 0. The van der Waals surface area contributed by atoms with Gasteiger partial charge < -0.3 is 16.0 Å². The predicted molar refractivity (Wildman–Crippen MR) is 150 cm³/mol.